The van der Waals surface area contributed by atoms with Gasteiger partial charge in [-0.25, -0.2) is 4.39 Å². The highest BCUT2D eigenvalue weighted by atomic mass is 19.1. The van der Waals surface area contributed by atoms with Crippen molar-refractivity contribution >= 4 is 11.6 Å². The topological polar surface area (TPSA) is 96.8 Å². The Balaban J connectivity index is 1.39. The number of amides is 1. The molecule has 0 saturated carbocycles. The van der Waals surface area contributed by atoms with Crippen LogP contribution in [0.15, 0.2) is 66.9 Å². The van der Waals surface area contributed by atoms with E-state index in [1.54, 1.807) is 51.9 Å². The van der Waals surface area contributed by atoms with Crippen molar-refractivity contribution in [3.63, 3.8) is 0 Å². The fourth-order valence-electron chi connectivity index (χ4n) is 4.24. The molecule has 0 atom stereocenters. The predicted octanol–water partition coefficient (Wildman–Crippen LogP) is 3.33. The van der Waals surface area contributed by atoms with Gasteiger partial charge in [-0.3, -0.25) is 9.20 Å². The number of fused-ring (bicyclic) bond motifs is 1. The molecule has 1 aliphatic heterocycles. The normalized spacial score (nSPS) is 15.8. The second kappa shape index (κ2) is 7.72. The molecule has 1 aliphatic rings. The molecular weight excluding hydrogens is 409 g/mol. The van der Waals surface area contributed by atoms with E-state index in [0.29, 0.717) is 48.5 Å². The maximum Gasteiger partial charge on any atom is 0.257 e. The number of benzene rings is 2. The van der Waals surface area contributed by atoms with Gasteiger partial charge in [-0.05, 0) is 66.9 Å². The molecule has 0 spiro atoms. The number of aromatic hydroxyl groups is 1. The Kier molecular flexibility index (Phi) is 4.86. The van der Waals surface area contributed by atoms with E-state index in [9.17, 15) is 14.3 Å². The van der Waals surface area contributed by atoms with Crippen molar-refractivity contribution in [3.8, 4) is 17.1 Å². The molecule has 2 aromatic heterocycles. The first kappa shape index (κ1) is 20.1. The molecule has 3 N–H and O–H groups in total. The number of piperidine rings is 1. The van der Waals surface area contributed by atoms with Crippen LogP contribution in [0.25, 0.3) is 17.0 Å². The lowest BCUT2D eigenvalue weighted by molar-refractivity contribution is 0.0670. The Hall–Kier alpha value is -3.78. The zero-order chi connectivity index (χ0) is 22.3. The molecule has 0 aliphatic carbocycles. The summed E-state index contributed by atoms with van der Waals surface area (Å²) < 4.78 is 15.0. The number of hydrogen-bond donors (Lipinski definition) is 2. The van der Waals surface area contributed by atoms with Gasteiger partial charge in [-0.2, -0.15) is 0 Å². The zero-order valence-electron chi connectivity index (χ0n) is 17.3. The third kappa shape index (κ3) is 3.48. The maximum absolute atomic E-state index is 13.3. The van der Waals surface area contributed by atoms with Crippen LogP contribution >= 0.6 is 0 Å². The van der Waals surface area contributed by atoms with Crippen LogP contribution in [0.3, 0.4) is 0 Å². The molecule has 1 fully saturated rings. The van der Waals surface area contributed by atoms with Crippen molar-refractivity contribution in [2.75, 3.05) is 13.1 Å². The largest absolute Gasteiger partial charge is 0.508 e. The van der Waals surface area contributed by atoms with Crippen LogP contribution in [0.4, 0.5) is 4.39 Å². The van der Waals surface area contributed by atoms with Crippen LogP contribution in [0.2, 0.25) is 0 Å². The molecule has 2 aromatic carbocycles. The second-order valence-corrected chi connectivity index (χ2v) is 8.14. The summed E-state index contributed by atoms with van der Waals surface area (Å²) in [7, 11) is 0. The van der Waals surface area contributed by atoms with Gasteiger partial charge in [-0.15, -0.1) is 10.2 Å². The van der Waals surface area contributed by atoms with Gasteiger partial charge in [-0.1, -0.05) is 12.1 Å². The number of nitrogens with zero attached hydrogens (tertiary/aromatic N) is 4. The number of carbonyl (C=O) groups is 1. The number of halogens is 1. The first-order valence-corrected chi connectivity index (χ1v) is 10.4. The standard InChI is InChI=1S/C24H22FN5O2/c25-18-7-3-16(4-8-18)21-27-28-22-20(2-1-13-30(21)22)23(32)29-14-11-24(26,12-15-29)17-5-9-19(31)10-6-17/h1-10,13,31H,11-12,14-15,26H2. The average molecular weight is 431 g/mol. The fourth-order valence-corrected chi connectivity index (χ4v) is 4.24. The molecule has 8 heteroatoms. The summed E-state index contributed by atoms with van der Waals surface area (Å²) in [6.45, 7) is 1.02. The number of phenols is 1. The van der Waals surface area contributed by atoms with Crippen molar-refractivity contribution in [2.45, 2.75) is 18.4 Å². The smallest absolute Gasteiger partial charge is 0.257 e. The Morgan fingerprint density at radius 2 is 1.69 bits per heavy atom. The summed E-state index contributed by atoms with van der Waals surface area (Å²) >= 11 is 0. The zero-order valence-corrected chi connectivity index (χ0v) is 17.3. The number of nitrogens with two attached hydrogens (primary N) is 1. The molecule has 162 valence electrons. The van der Waals surface area contributed by atoms with Gasteiger partial charge in [0.2, 0.25) is 0 Å². The van der Waals surface area contributed by atoms with Crippen LogP contribution in [0.5, 0.6) is 5.75 Å². The van der Waals surface area contributed by atoms with Gasteiger partial charge in [0.1, 0.15) is 11.6 Å². The van der Waals surface area contributed by atoms with E-state index in [-0.39, 0.29) is 17.5 Å². The summed E-state index contributed by atoms with van der Waals surface area (Å²) in [5.74, 6) is 0.293. The Morgan fingerprint density at radius 3 is 2.38 bits per heavy atom. The Labute approximate surface area is 183 Å². The minimum absolute atomic E-state index is 0.124. The lowest BCUT2D eigenvalue weighted by atomic mass is 9.82. The highest BCUT2D eigenvalue weighted by molar-refractivity contribution is 6.00. The summed E-state index contributed by atoms with van der Waals surface area (Å²) in [5, 5.41) is 18.0. The van der Waals surface area contributed by atoms with Gasteiger partial charge < -0.3 is 15.7 Å². The quantitative estimate of drug-likeness (QED) is 0.519. The molecule has 5 rings (SSSR count). The third-order valence-corrected chi connectivity index (χ3v) is 6.15. The number of rotatable bonds is 3. The fraction of sp³-hybridized carbons (Fsp3) is 0.208. The van der Waals surface area contributed by atoms with Crippen LogP contribution < -0.4 is 5.73 Å². The van der Waals surface area contributed by atoms with Crippen LogP contribution in [0, 0.1) is 5.82 Å². The predicted molar refractivity (Wildman–Crippen MR) is 117 cm³/mol. The molecule has 0 bridgehead atoms. The van der Waals surface area contributed by atoms with E-state index >= 15 is 0 Å². The first-order valence-electron chi connectivity index (χ1n) is 10.4. The monoisotopic (exact) mass is 431 g/mol. The van der Waals surface area contributed by atoms with Gasteiger partial charge in [0.25, 0.3) is 5.91 Å². The maximum atomic E-state index is 13.3. The molecule has 3 heterocycles. The molecule has 4 aromatic rings. The lowest BCUT2D eigenvalue weighted by Crippen LogP contribution is -2.49. The average Bonchev–Trinajstić information content (AvgIpc) is 3.24. The van der Waals surface area contributed by atoms with Gasteiger partial charge >= 0.3 is 0 Å². The van der Waals surface area contributed by atoms with E-state index in [2.05, 4.69) is 10.2 Å². The van der Waals surface area contributed by atoms with E-state index in [1.807, 2.05) is 12.1 Å². The van der Waals surface area contributed by atoms with Crippen LogP contribution in [0.1, 0.15) is 28.8 Å². The van der Waals surface area contributed by atoms with E-state index in [0.717, 1.165) is 5.56 Å². The summed E-state index contributed by atoms with van der Waals surface area (Å²) in [6, 6.07) is 16.5. The number of phenolic OH excluding ortho intramolecular Hbond substituents is 1. The molecular formula is C24H22FN5O2. The van der Waals surface area contributed by atoms with Crippen molar-refractivity contribution < 1.29 is 14.3 Å². The summed E-state index contributed by atoms with van der Waals surface area (Å²) in [4.78, 5) is 15.1. The first-order chi connectivity index (χ1) is 15.4. The number of hydrogen-bond acceptors (Lipinski definition) is 5. The van der Waals surface area contributed by atoms with Gasteiger partial charge in [0, 0.05) is 30.4 Å². The highest BCUT2D eigenvalue weighted by Crippen LogP contribution is 2.32. The van der Waals surface area contributed by atoms with E-state index < -0.39 is 5.54 Å². The number of carbonyl (C=O) groups excluding carboxylic acids is 1. The minimum atomic E-state index is -0.541. The van der Waals surface area contributed by atoms with Crippen LogP contribution in [-0.2, 0) is 5.54 Å². The van der Waals surface area contributed by atoms with Crippen molar-refractivity contribution in [3.05, 3.63) is 83.8 Å². The lowest BCUT2D eigenvalue weighted by Gasteiger charge is -2.39. The molecule has 1 amide bonds. The minimum Gasteiger partial charge on any atom is -0.508 e. The number of aromatic nitrogens is 3. The van der Waals surface area contributed by atoms with Crippen molar-refractivity contribution in [2.24, 2.45) is 5.73 Å². The molecule has 0 radical (unpaired) electrons. The summed E-state index contributed by atoms with van der Waals surface area (Å²) in [6.07, 6.45) is 3.01. The molecule has 7 nitrogen and oxygen atoms in total. The van der Waals surface area contributed by atoms with Crippen molar-refractivity contribution in [1.29, 1.82) is 0 Å². The SMILES string of the molecule is NC1(c2ccc(O)cc2)CCN(C(=O)c2cccn3c(-c4ccc(F)cc4)nnc23)CC1. The Morgan fingerprint density at radius 1 is 1.00 bits per heavy atom. The molecule has 0 unspecified atom stereocenters. The molecule has 32 heavy (non-hydrogen) atoms. The second-order valence-electron chi connectivity index (χ2n) is 8.14. The van der Waals surface area contributed by atoms with Crippen LogP contribution in [-0.4, -0.2) is 43.6 Å². The molecule has 1 saturated heterocycles. The Bertz CT molecular complexity index is 1280. The highest BCUT2D eigenvalue weighted by Gasteiger charge is 2.34. The van der Waals surface area contributed by atoms with Gasteiger partial charge in [0.05, 0.1) is 5.56 Å². The van der Waals surface area contributed by atoms with Gasteiger partial charge in [0.15, 0.2) is 11.5 Å². The van der Waals surface area contributed by atoms with E-state index in [4.69, 9.17) is 5.73 Å². The summed E-state index contributed by atoms with van der Waals surface area (Å²) in [5.41, 5.74) is 8.67. The van der Waals surface area contributed by atoms with E-state index in [1.165, 1.54) is 12.1 Å². The third-order valence-electron chi connectivity index (χ3n) is 6.15. The number of pyridine rings is 1. The van der Waals surface area contributed by atoms with Crippen molar-refractivity contribution in [1.82, 2.24) is 19.5 Å². The number of likely N-dealkylation sites (tertiary alicyclic amines) is 1.